The monoisotopic (exact) mass is 223 g/mol. The summed E-state index contributed by atoms with van der Waals surface area (Å²) in [5.74, 6) is 1.53. The second kappa shape index (κ2) is 7.65. The van der Waals surface area contributed by atoms with Crippen molar-refractivity contribution in [1.29, 1.82) is 5.26 Å². The molecule has 3 nitrogen and oxygen atoms in total. The van der Waals surface area contributed by atoms with E-state index in [0.717, 1.165) is 19.0 Å². The first-order valence-corrected chi connectivity index (χ1v) is 6.52. The van der Waals surface area contributed by atoms with E-state index in [1.807, 2.05) is 0 Å². The maximum Gasteiger partial charge on any atom is 0.0635 e. The lowest BCUT2D eigenvalue weighted by Gasteiger charge is -2.30. The summed E-state index contributed by atoms with van der Waals surface area (Å²) in [6.07, 6.45) is 3.25. The number of hydrogen-bond acceptors (Lipinski definition) is 3. The molecule has 0 amide bonds. The second-order valence-electron chi connectivity index (χ2n) is 5.25. The van der Waals surface area contributed by atoms with E-state index in [1.165, 1.54) is 32.5 Å². The van der Waals surface area contributed by atoms with Gasteiger partial charge in [-0.05, 0) is 37.8 Å². The summed E-state index contributed by atoms with van der Waals surface area (Å²) in [6, 6.07) is 2.25. The van der Waals surface area contributed by atoms with Crippen molar-refractivity contribution in [2.75, 3.05) is 32.7 Å². The molecule has 0 bridgehead atoms. The van der Waals surface area contributed by atoms with E-state index in [1.54, 1.807) is 0 Å². The Labute approximate surface area is 99.8 Å². The zero-order valence-corrected chi connectivity index (χ0v) is 10.7. The smallest absolute Gasteiger partial charge is 0.0635 e. The van der Waals surface area contributed by atoms with Gasteiger partial charge in [-0.1, -0.05) is 13.8 Å². The molecule has 1 heterocycles. The SMILES string of the molecule is CC(C)CN(CCC#N)CC1CCNCC1. The van der Waals surface area contributed by atoms with Crippen LogP contribution >= 0.6 is 0 Å². The highest BCUT2D eigenvalue weighted by Gasteiger charge is 2.17. The van der Waals surface area contributed by atoms with Crippen molar-refractivity contribution in [3.05, 3.63) is 0 Å². The van der Waals surface area contributed by atoms with E-state index in [0.29, 0.717) is 12.3 Å². The first kappa shape index (κ1) is 13.5. The van der Waals surface area contributed by atoms with Crippen molar-refractivity contribution in [2.45, 2.75) is 33.1 Å². The minimum atomic E-state index is 0.664. The Balaban J connectivity index is 2.32. The fourth-order valence-electron chi connectivity index (χ4n) is 2.41. The molecule has 0 saturated carbocycles. The summed E-state index contributed by atoms with van der Waals surface area (Å²) < 4.78 is 0. The second-order valence-corrected chi connectivity index (χ2v) is 5.25. The summed E-state index contributed by atoms with van der Waals surface area (Å²) in [5.41, 5.74) is 0. The zero-order chi connectivity index (χ0) is 11.8. The zero-order valence-electron chi connectivity index (χ0n) is 10.7. The third-order valence-electron chi connectivity index (χ3n) is 3.14. The summed E-state index contributed by atoms with van der Waals surface area (Å²) in [6.45, 7) is 10.1. The Bertz CT molecular complexity index is 214. The van der Waals surface area contributed by atoms with Crippen LogP contribution in [0.3, 0.4) is 0 Å². The van der Waals surface area contributed by atoms with Gasteiger partial charge in [-0.15, -0.1) is 0 Å². The number of hydrogen-bond donors (Lipinski definition) is 1. The fourth-order valence-corrected chi connectivity index (χ4v) is 2.41. The van der Waals surface area contributed by atoms with Crippen LogP contribution < -0.4 is 5.32 Å². The van der Waals surface area contributed by atoms with E-state index in [-0.39, 0.29) is 0 Å². The van der Waals surface area contributed by atoms with Gasteiger partial charge in [0, 0.05) is 26.1 Å². The molecule has 1 aliphatic rings. The minimum absolute atomic E-state index is 0.664. The minimum Gasteiger partial charge on any atom is -0.317 e. The Morgan fingerprint density at radius 3 is 2.62 bits per heavy atom. The number of rotatable bonds is 6. The van der Waals surface area contributed by atoms with Gasteiger partial charge in [-0.3, -0.25) is 0 Å². The molecule has 92 valence electrons. The highest BCUT2D eigenvalue weighted by atomic mass is 15.1. The van der Waals surface area contributed by atoms with Crippen LogP contribution in [0, 0.1) is 23.2 Å². The maximum atomic E-state index is 8.67. The topological polar surface area (TPSA) is 39.1 Å². The Hall–Kier alpha value is -0.590. The Morgan fingerprint density at radius 2 is 2.06 bits per heavy atom. The molecule has 1 aliphatic heterocycles. The van der Waals surface area contributed by atoms with E-state index < -0.39 is 0 Å². The van der Waals surface area contributed by atoms with Crippen LogP contribution in [0.25, 0.3) is 0 Å². The molecule has 0 aromatic heterocycles. The van der Waals surface area contributed by atoms with Crippen molar-refractivity contribution in [3.8, 4) is 6.07 Å². The lowest BCUT2D eigenvalue weighted by atomic mass is 9.97. The van der Waals surface area contributed by atoms with Crippen molar-refractivity contribution in [1.82, 2.24) is 10.2 Å². The molecule has 0 spiro atoms. The van der Waals surface area contributed by atoms with Crippen molar-refractivity contribution in [3.63, 3.8) is 0 Å². The van der Waals surface area contributed by atoms with Gasteiger partial charge < -0.3 is 10.2 Å². The molecule has 0 unspecified atom stereocenters. The predicted molar refractivity (Wildman–Crippen MR) is 67.1 cm³/mol. The third-order valence-corrected chi connectivity index (χ3v) is 3.14. The lowest BCUT2D eigenvalue weighted by Crippen LogP contribution is -2.38. The summed E-state index contributed by atoms with van der Waals surface area (Å²) in [4.78, 5) is 2.48. The number of nitrogens with zero attached hydrogens (tertiary/aromatic N) is 2. The molecule has 0 aromatic rings. The van der Waals surface area contributed by atoms with Crippen LogP contribution in [0.1, 0.15) is 33.1 Å². The highest BCUT2D eigenvalue weighted by Crippen LogP contribution is 2.14. The van der Waals surface area contributed by atoms with Crippen molar-refractivity contribution < 1.29 is 0 Å². The van der Waals surface area contributed by atoms with Gasteiger partial charge in [0.15, 0.2) is 0 Å². The standard InChI is InChI=1S/C13H25N3/c1-12(2)10-16(9-3-6-14)11-13-4-7-15-8-5-13/h12-13,15H,3-5,7-11H2,1-2H3. The number of nitrogens with one attached hydrogen (secondary N) is 1. The average Bonchev–Trinajstić information content (AvgIpc) is 2.26. The summed E-state index contributed by atoms with van der Waals surface area (Å²) in [7, 11) is 0. The predicted octanol–water partition coefficient (Wildman–Crippen LogP) is 1.86. The lowest BCUT2D eigenvalue weighted by molar-refractivity contribution is 0.191. The molecule has 1 rings (SSSR count). The maximum absolute atomic E-state index is 8.67. The van der Waals surface area contributed by atoms with E-state index in [4.69, 9.17) is 5.26 Å². The molecule has 0 atom stereocenters. The highest BCUT2D eigenvalue weighted by molar-refractivity contribution is 4.77. The van der Waals surface area contributed by atoms with E-state index in [9.17, 15) is 0 Å². The summed E-state index contributed by atoms with van der Waals surface area (Å²) in [5, 5.41) is 12.1. The summed E-state index contributed by atoms with van der Waals surface area (Å²) >= 11 is 0. The van der Waals surface area contributed by atoms with Gasteiger partial charge in [0.1, 0.15) is 0 Å². The van der Waals surface area contributed by atoms with Crippen LogP contribution in [-0.2, 0) is 0 Å². The normalized spacial score (nSPS) is 17.9. The van der Waals surface area contributed by atoms with Crippen LogP contribution in [0.2, 0.25) is 0 Å². The number of nitriles is 1. The molecule has 1 fully saturated rings. The largest absolute Gasteiger partial charge is 0.317 e. The van der Waals surface area contributed by atoms with E-state index in [2.05, 4.69) is 30.1 Å². The van der Waals surface area contributed by atoms with Crippen molar-refractivity contribution >= 4 is 0 Å². The van der Waals surface area contributed by atoms with Gasteiger partial charge in [-0.2, -0.15) is 5.26 Å². The molecule has 16 heavy (non-hydrogen) atoms. The molecule has 1 saturated heterocycles. The van der Waals surface area contributed by atoms with Gasteiger partial charge in [-0.25, -0.2) is 0 Å². The van der Waals surface area contributed by atoms with Gasteiger partial charge in [0.05, 0.1) is 6.07 Å². The first-order chi connectivity index (χ1) is 7.72. The van der Waals surface area contributed by atoms with Gasteiger partial charge in [0.2, 0.25) is 0 Å². The van der Waals surface area contributed by atoms with Crippen LogP contribution in [0.5, 0.6) is 0 Å². The molecule has 1 N–H and O–H groups in total. The van der Waals surface area contributed by atoms with Crippen LogP contribution in [0.4, 0.5) is 0 Å². The molecule has 0 aliphatic carbocycles. The van der Waals surface area contributed by atoms with Crippen LogP contribution in [-0.4, -0.2) is 37.6 Å². The fraction of sp³-hybridized carbons (Fsp3) is 0.923. The number of piperidine rings is 1. The van der Waals surface area contributed by atoms with Gasteiger partial charge in [0.25, 0.3) is 0 Å². The third kappa shape index (κ3) is 5.48. The van der Waals surface area contributed by atoms with Gasteiger partial charge >= 0.3 is 0 Å². The van der Waals surface area contributed by atoms with Crippen LogP contribution in [0.15, 0.2) is 0 Å². The molecule has 0 aromatic carbocycles. The Kier molecular flexibility index (Phi) is 6.44. The molecular weight excluding hydrogens is 198 g/mol. The quantitative estimate of drug-likeness (QED) is 0.747. The van der Waals surface area contributed by atoms with E-state index >= 15 is 0 Å². The molecular formula is C13H25N3. The average molecular weight is 223 g/mol. The van der Waals surface area contributed by atoms with Crippen molar-refractivity contribution in [2.24, 2.45) is 11.8 Å². The Morgan fingerprint density at radius 1 is 1.38 bits per heavy atom. The molecule has 0 radical (unpaired) electrons. The first-order valence-electron chi connectivity index (χ1n) is 6.52. The molecule has 3 heteroatoms.